The van der Waals surface area contributed by atoms with Crippen LogP contribution in [0.3, 0.4) is 0 Å². The Hall–Kier alpha value is -2.40. The molecular formula is C15H12N2O2S. The van der Waals surface area contributed by atoms with Crippen LogP contribution >= 0.6 is 11.3 Å². The van der Waals surface area contributed by atoms with E-state index in [2.05, 4.69) is 10.3 Å². The van der Waals surface area contributed by atoms with Gasteiger partial charge in [-0.25, -0.2) is 4.98 Å². The number of nitrogens with one attached hydrogen (secondary N) is 1. The van der Waals surface area contributed by atoms with Gasteiger partial charge in [0.1, 0.15) is 5.75 Å². The van der Waals surface area contributed by atoms with Crippen LogP contribution < -0.4 is 5.32 Å². The van der Waals surface area contributed by atoms with Gasteiger partial charge >= 0.3 is 0 Å². The third kappa shape index (κ3) is 2.35. The second-order valence-corrected chi connectivity index (χ2v) is 5.62. The zero-order valence-corrected chi connectivity index (χ0v) is 11.6. The highest BCUT2D eigenvalue weighted by molar-refractivity contribution is 7.18. The van der Waals surface area contributed by atoms with Crippen molar-refractivity contribution >= 4 is 33.1 Å². The molecule has 0 spiro atoms. The molecule has 0 aliphatic heterocycles. The lowest BCUT2D eigenvalue weighted by Crippen LogP contribution is -2.11. The van der Waals surface area contributed by atoms with E-state index in [1.165, 1.54) is 6.07 Å². The largest absolute Gasteiger partial charge is 0.507 e. The number of hydrogen-bond acceptors (Lipinski definition) is 4. The van der Waals surface area contributed by atoms with E-state index < -0.39 is 0 Å². The van der Waals surface area contributed by atoms with Crippen molar-refractivity contribution in [2.45, 2.75) is 6.92 Å². The van der Waals surface area contributed by atoms with E-state index in [0.29, 0.717) is 5.69 Å². The van der Waals surface area contributed by atoms with Gasteiger partial charge in [0.25, 0.3) is 5.91 Å². The summed E-state index contributed by atoms with van der Waals surface area (Å²) in [4.78, 5) is 16.5. The quantitative estimate of drug-likeness (QED) is 0.756. The van der Waals surface area contributed by atoms with Crippen molar-refractivity contribution in [1.29, 1.82) is 0 Å². The molecule has 1 amide bonds. The maximum Gasteiger partial charge on any atom is 0.259 e. The molecule has 0 fully saturated rings. The van der Waals surface area contributed by atoms with Gasteiger partial charge in [0, 0.05) is 5.69 Å². The monoisotopic (exact) mass is 284 g/mol. The molecule has 100 valence electrons. The van der Waals surface area contributed by atoms with Crippen LogP contribution in [0.15, 0.2) is 42.5 Å². The van der Waals surface area contributed by atoms with E-state index in [1.54, 1.807) is 35.6 Å². The number of carbonyl (C=O) groups is 1. The summed E-state index contributed by atoms with van der Waals surface area (Å²) < 4.78 is 1.03. The summed E-state index contributed by atoms with van der Waals surface area (Å²) in [5, 5.41) is 13.4. The topological polar surface area (TPSA) is 62.2 Å². The standard InChI is InChI=1S/C15H12N2O2S/c1-9-16-12-7-6-10(8-14(12)20-9)17-15(19)11-4-2-3-5-13(11)18/h2-8,18H,1H3,(H,17,19). The van der Waals surface area contributed by atoms with Gasteiger partial charge in [-0.3, -0.25) is 4.79 Å². The molecule has 1 aromatic heterocycles. The number of aryl methyl sites for hydroxylation is 1. The number of aromatic hydroxyl groups is 1. The lowest BCUT2D eigenvalue weighted by molar-refractivity contribution is 0.102. The number of nitrogens with zero attached hydrogens (tertiary/aromatic N) is 1. The van der Waals surface area contributed by atoms with Gasteiger partial charge in [-0.2, -0.15) is 0 Å². The predicted molar refractivity (Wildman–Crippen MR) is 80.4 cm³/mol. The van der Waals surface area contributed by atoms with Gasteiger partial charge < -0.3 is 10.4 Å². The number of rotatable bonds is 2. The van der Waals surface area contributed by atoms with Gasteiger partial charge in [0.05, 0.1) is 20.8 Å². The summed E-state index contributed by atoms with van der Waals surface area (Å²) in [6, 6.07) is 12.0. The Balaban J connectivity index is 1.89. The Morgan fingerprint density at radius 3 is 2.85 bits per heavy atom. The van der Waals surface area contributed by atoms with E-state index in [0.717, 1.165) is 15.2 Å². The van der Waals surface area contributed by atoms with Crippen LogP contribution in [0, 0.1) is 6.92 Å². The number of thiazole rings is 1. The molecule has 2 N–H and O–H groups in total. The van der Waals surface area contributed by atoms with Crippen molar-refractivity contribution in [3.8, 4) is 5.75 Å². The van der Waals surface area contributed by atoms with E-state index in [1.807, 2.05) is 19.1 Å². The van der Waals surface area contributed by atoms with Crippen molar-refractivity contribution in [2.24, 2.45) is 0 Å². The van der Waals surface area contributed by atoms with E-state index in [-0.39, 0.29) is 17.2 Å². The van der Waals surface area contributed by atoms with Crippen LogP contribution in [-0.4, -0.2) is 16.0 Å². The van der Waals surface area contributed by atoms with Gasteiger partial charge in [-0.1, -0.05) is 12.1 Å². The van der Waals surface area contributed by atoms with Crippen LogP contribution in [0.2, 0.25) is 0 Å². The van der Waals surface area contributed by atoms with E-state index in [4.69, 9.17) is 0 Å². The minimum Gasteiger partial charge on any atom is -0.507 e. The number of aromatic nitrogens is 1. The Kier molecular flexibility index (Phi) is 3.12. The van der Waals surface area contributed by atoms with Crippen LogP contribution in [0.1, 0.15) is 15.4 Å². The minimum absolute atomic E-state index is 0.0280. The molecular weight excluding hydrogens is 272 g/mol. The minimum atomic E-state index is -0.330. The number of phenols is 1. The summed E-state index contributed by atoms with van der Waals surface area (Å²) in [5.41, 5.74) is 1.87. The summed E-state index contributed by atoms with van der Waals surface area (Å²) in [6.07, 6.45) is 0. The molecule has 3 rings (SSSR count). The molecule has 2 aromatic carbocycles. The average Bonchev–Trinajstić information content (AvgIpc) is 2.78. The number of phenolic OH excluding ortho intramolecular Hbond substituents is 1. The van der Waals surface area contributed by atoms with Crippen molar-refractivity contribution in [3.63, 3.8) is 0 Å². The zero-order valence-electron chi connectivity index (χ0n) is 10.8. The van der Waals surface area contributed by atoms with Gasteiger partial charge in [-0.15, -0.1) is 11.3 Å². The fraction of sp³-hybridized carbons (Fsp3) is 0.0667. The highest BCUT2D eigenvalue weighted by atomic mass is 32.1. The molecule has 20 heavy (non-hydrogen) atoms. The second kappa shape index (κ2) is 4.94. The SMILES string of the molecule is Cc1nc2ccc(NC(=O)c3ccccc3O)cc2s1. The van der Waals surface area contributed by atoms with Crippen molar-refractivity contribution in [1.82, 2.24) is 4.98 Å². The van der Waals surface area contributed by atoms with Crippen molar-refractivity contribution < 1.29 is 9.90 Å². The van der Waals surface area contributed by atoms with Crippen molar-refractivity contribution in [3.05, 3.63) is 53.0 Å². The molecule has 3 aromatic rings. The summed E-state index contributed by atoms with van der Waals surface area (Å²) in [7, 11) is 0. The molecule has 5 heteroatoms. The fourth-order valence-electron chi connectivity index (χ4n) is 1.98. The van der Waals surface area contributed by atoms with E-state index >= 15 is 0 Å². The zero-order chi connectivity index (χ0) is 14.1. The molecule has 1 heterocycles. The molecule has 4 nitrogen and oxygen atoms in total. The number of para-hydroxylation sites is 1. The lowest BCUT2D eigenvalue weighted by Gasteiger charge is -2.06. The third-order valence-corrected chi connectivity index (χ3v) is 3.84. The van der Waals surface area contributed by atoms with Crippen LogP contribution in [0.4, 0.5) is 5.69 Å². The molecule has 0 bridgehead atoms. The number of hydrogen-bond donors (Lipinski definition) is 2. The molecule has 0 unspecified atom stereocenters. The average molecular weight is 284 g/mol. The maximum absolute atomic E-state index is 12.1. The van der Waals surface area contributed by atoms with Crippen LogP contribution in [0.25, 0.3) is 10.2 Å². The molecule has 0 radical (unpaired) electrons. The first kappa shape index (κ1) is 12.6. The first-order valence-electron chi connectivity index (χ1n) is 6.10. The number of carbonyl (C=O) groups excluding carboxylic acids is 1. The molecule has 0 saturated heterocycles. The Morgan fingerprint density at radius 1 is 1.25 bits per heavy atom. The fourth-order valence-corrected chi connectivity index (χ4v) is 2.85. The van der Waals surface area contributed by atoms with Gasteiger partial charge in [0.15, 0.2) is 0 Å². The summed E-state index contributed by atoms with van der Waals surface area (Å²) in [6.45, 7) is 1.95. The Bertz CT molecular complexity index is 795. The van der Waals surface area contributed by atoms with Crippen molar-refractivity contribution in [2.75, 3.05) is 5.32 Å². The number of fused-ring (bicyclic) bond motifs is 1. The van der Waals surface area contributed by atoms with Crippen LogP contribution in [0.5, 0.6) is 5.75 Å². The lowest BCUT2D eigenvalue weighted by atomic mass is 10.2. The Labute approximate surface area is 119 Å². The predicted octanol–water partition coefficient (Wildman–Crippen LogP) is 3.56. The first-order chi connectivity index (χ1) is 9.63. The smallest absolute Gasteiger partial charge is 0.259 e. The highest BCUT2D eigenvalue weighted by Gasteiger charge is 2.11. The molecule has 0 aliphatic rings. The summed E-state index contributed by atoms with van der Waals surface area (Å²) in [5.74, 6) is -0.358. The highest BCUT2D eigenvalue weighted by Crippen LogP contribution is 2.25. The first-order valence-corrected chi connectivity index (χ1v) is 6.92. The number of anilines is 1. The molecule has 0 saturated carbocycles. The number of amides is 1. The van der Waals surface area contributed by atoms with Gasteiger partial charge in [0.2, 0.25) is 0 Å². The van der Waals surface area contributed by atoms with E-state index in [9.17, 15) is 9.90 Å². The summed E-state index contributed by atoms with van der Waals surface area (Å²) >= 11 is 1.58. The Morgan fingerprint density at radius 2 is 2.05 bits per heavy atom. The molecule has 0 aliphatic carbocycles. The second-order valence-electron chi connectivity index (χ2n) is 4.39. The van der Waals surface area contributed by atoms with Crippen LogP contribution in [-0.2, 0) is 0 Å². The third-order valence-electron chi connectivity index (χ3n) is 2.90. The molecule has 0 atom stereocenters. The van der Waals surface area contributed by atoms with Gasteiger partial charge in [-0.05, 0) is 37.3 Å². The maximum atomic E-state index is 12.1. The number of benzene rings is 2. The normalized spacial score (nSPS) is 10.7.